The van der Waals surface area contributed by atoms with Gasteiger partial charge in [0.1, 0.15) is 17.6 Å². The summed E-state index contributed by atoms with van der Waals surface area (Å²) in [6, 6.07) is 20.3. The van der Waals surface area contributed by atoms with Crippen molar-refractivity contribution in [3.63, 3.8) is 0 Å². The number of carbonyl (C=O) groups is 2. The van der Waals surface area contributed by atoms with Gasteiger partial charge in [-0.05, 0) is 85.8 Å². The van der Waals surface area contributed by atoms with Crippen molar-refractivity contribution in [1.29, 1.82) is 0 Å². The minimum absolute atomic E-state index is 0.0566. The van der Waals surface area contributed by atoms with Crippen LogP contribution in [0.5, 0.6) is 5.75 Å². The number of hydrogen-bond donors (Lipinski definition) is 1. The predicted molar refractivity (Wildman–Crippen MR) is 156 cm³/mol. The van der Waals surface area contributed by atoms with E-state index >= 15 is 0 Å². The van der Waals surface area contributed by atoms with Crippen LogP contribution in [0.2, 0.25) is 0 Å². The Kier molecular flexibility index (Phi) is 7.21. The number of ether oxygens (including phenoxy) is 1. The van der Waals surface area contributed by atoms with Gasteiger partial charge in [-0.2, -0.15) is 0 Å². The van der Waals surface area contributed by atoms with Crippen LogP contribution in [0, 0.1) is 0 Å². The number of Topliss-reactive ketones (excluding diaryl/α,β-unsaturated/α-hetero) is 1. The molecule has 3 aromatic rings. The van der Waals surface area contributed by atoms with Gasteiger partial charge in [-0.25, -0.2) is 0 Å². The molecule has 2 atom stereocenters. The maximum absolute atomic E-state index is 13.6. The van der Waals surface area contributed by atoms with E-state index in [0.29, 0.717) is 17.2 Å². The molecule has 0 spiro atoms. The van der Waals surface area contributed by atoms with Gasteiger partial charge in [0, 0.05) is 36.4 Å². The number of hydrogen-bond acceptors (Lipinski definition) is 5. The van der Waals surface area contributed by atoms with Crippen molar-refractivity contribution >= 4 is 28.8 Å². The van der Waals surface area contributed by atoms with Crippen LogP contribution in [0.15, 0.2) is 72.3 Å². The molecule has 0 saturated carbocycles. The van der Waals surface area contributed by atoms with E-state index in [2.05, 4.69) is 32.6 Å². The molecular weight excluding hydrogens is 488 g/mol. The van der Waals surface area contributed by atoms with Crippen molar-refractivity contribution < 1.29 is 19.4 Å². The van der Waals surface area contributed by atoms with Gasteiger partial charge in [0.15, 0.2) is 0 Å². The Morgan fingerprint density at radius 1 is 1.00 bits per heavy atom. The molecule has 6 nitrogen and oxygen atoms in total. The third-order valence-electron chi connectivity index (χ3n) is 7.79. The average molecular weight is 525 g/mol. The first kappa shape index (κ1) is 26.5. The van der Waals surface area contributed by atoms with Gasteiger partial charge in [-0.1, -0.05) is 38.1 Å². The number of nitrogens with zero attached hydrogens (tertiary/aromatic N) is 2. The monoisotopic (exact) mass is 524 g/mol. The molecule has 1 fully saturated rings. The molecule has 1 amide bonds. The Morgan fingerprint density at radius 3 is 2.28 bits per heavy atom. The second-order valence-corrected chi connectivity index (χ2v) is 10.6. The molecule has 1 saturated heterocycles. The first-order valence-electron chi connectivity index (χ1n) is 13.8. The van der Waals surface area contributed by atoms with Crippen LogP contribution >= 0.6 is 0 Å². The average Bonchev–Trinajstić information content (AvgIpc) is 3.44. The van der Waals surface area contributed by atoms with Crippen molar-refractivity contribution in [3.8, 4) is 5.75 Å². The molecule has 5 rings (SSSR count). The molecule has 2 aliphatic rings. The number of fused-ring (bicyclic) bond motifs is 1. The summed E-state index contributed by atoms with van der Waals surface area (Å²) in [4.78, 5) is 30.9. The Balaban J connectivity index is 1.64. The van der Waals surface area contributed by atoms with E-state index in [1.807, 2.05) is 67.6 Å². The SMILES string of the molecule is CCN(CC)c1ccc(C2/C(=C(/O)c3ccc4c(c3)CC(C)O4)C(=O)C(=O)N2c2ccc(C(C)C)cc2)cc1. The van der Waals surface area contributed by atoms with Gasteiger partial charge in [0.25, 0.3) is 11.7 Å². The van der Waals surface area contributed by atoms with Crippen LogP contribution in [0.25, 0.3) is 5.76 Å². The molecule has 3 aromatic carbocycles. The number of carbonyl (C=O) groups excluding carboxylic acids is 2. The van der Waals surface area contributed by atoms with Gasteiger partial charge in [-0.3, -0.25) is 14.5 Å². The van der Waals surface area contributed by atoms with Gasteiger partial charge >= 0.3 is 0 Å². The topological polar surface area (TPSA) is 70.1 Å². The second kappa shape index (κ2) is 10.6. The lowest BCUT2D eigenvalue weighted by atomic mass is 9.94. The third kappa shape index (κ3) is 4.80. The van der Waals surface area contributed by atoms with E-state index in [1.165, 1.54) is 4.90 Å². The standard InChI is InChI=1S/C33H36N2O4/c1-6-34(7-2)26-13-10-23(11-14-26)30-29(31(36)24-12-17-28-25(19-24)18-21(5)39-28)32(37)33(38)35(30)27-15-8-22(9-16-27)20(3)4/h8-17,19-21,30,36H,6-7,18H2,1-5H3/b31-29-. The molecule has 2 aliphatic heterocycles. The Bertz CT molecular complexity index is 1420. The van der Waals surface area contributed by atoms with E-state index in [9.17, 15) is 14.7 Å². The van der Waals surface area contributed by atoms with Gasteiger partial charge in [-0.15, -0.1) is 0 Å². The number of aliphatic hydroxyl groups is 1. The summed E-state index contributed by atoms with van der Waals surface area (Å²) in [6.07, 6.45) is 0.782. The van der Waals surface area contributed by atoms with Crippen LogP contribution in [0.3, 0.4) is 0 Å². The third-order valence-corrected chi connectivity index (χ3v) is 7.79. The number of amides is 1. The van der Waals surface area contributed by atoms with E-state index in [1.54, 1.807) is 6.07 Å². The molecule has 39 heavy (non-hydrogen) atoms. The molecule has 2 heterocycles. The van der Waals surface area contributed by atoms with E-state index in [4.69, 9.17) is 4.74 Å². The van der Waals surface area contributed by atoms with Crippen LogP contribution in [0.4, 0.5) is 11.4 Å². The number of benzene rings is 3. The van der Waals surface area contributed by atoms with Crippen molar-refractivity contribution in [1.82, 2.24) is 0 Å². The summed E-state index contributed by atoms with van der Waals surface area (Å²) < 4.78 is 5.81. The zero-order valence-electron chi connectivity index (χ0n) is 23.3. The number of ketones is 1. The van der Waals surface area contributed by atoms with Crippen LogP contribution < -0.4 is 14.5 Å². The highest BCUT2D eigenvalue weighted by atomic mass is 16.5. The maximum Gasteiger partial charge on any atom is 0.300 e. The Hall–Kier alpha value is -4.06. The molecule has 0 radical (unpaired) electrons. The van der Waals surface area contributed by atoms with E-state index in [-0.39, 0.29) is 17.4 Å². The van der Waals surface area contributed by atoms with Gasteiger partial charge < -0.3 is 14.7 Å². The Morgan fingerprint density at radius 2 is 1.67 bits per heavy atom. The smallest absolute Gasteiger partial charge is 0.300 e. The Labute approximate surface area is 230 Å². The summed E-state index contributed by atoms with van der Waals surface area (Å²) in [5, 5.41) is 11.6. The van der Waals surface area contributed by atoms with Crippen LogP contribution in [-0.2, 0) is 16.0 Å². The highest BCUT2D eigenvalue weighted by molar-refractivity contribution is 6.51. The van der Waals surface area contributed by atoms with Crippen molar-refractivity contribution in [2.45, 2.75) is 59.1 Å². The van der Waals surface area contributed by atoms with Gasteiger partial charge in [0.2, 0.25) is 0 Å². The molecule has 1 N–H and O–H groups in total. The first-order chi connectivity index (χ1) is 18.7. The lowest BCUT2D eigenvalue weighted by molar-refractivity contribution is -0.132. The van der Waals surface area contributed by atoms with Crippen molar-refractivity contribution in [2.24, 2.45) is 0 Å². The zero-order chi connectivity index (χ0) is 27.8. The molecule has 0 bridgehead atoms. The fourth-order valence-electron chi connectivity index (χ4n) is 5.62. The van der Waals surface area contributed by atoms with Crippen LogP contribution in [-0.4, -0.2) is 36.0 Å². The normalized spacial score (nSPS) is 19.9. The molecule has 2 unspecified atom stereocenters. The minimum atomic E-state index is -0.760. The molecule has 202 valence electrons. The maximum atomic E-state index is 13.6. The molecule has 6 heteroatoms. The number of aliphatic hydroxyl groups excluding tert-OH is 1. The summed E-state index contributed by atoms with van der Waals surface area (Å²) in [5.41, 5.74) is 5.16. The summed E-state index contributed by atoms with van der Waals surface area (Å²) in [6.45, 7) is 12.2. The zero-order valence-corrected chi connectivity index (χ0v) is 23.3. The molecular formula is C33H36N2O4. The fourth-order valence-corrected chi connectivity index (χ4v) is 5.62. The minimum Gasteiger partial charge on any atom is -0.507 e. The fraction of sp³-hybridized carbons (Fsp3) is 0.333. The lowest BCUT2D eigenvalue weighted by Crippen LogP contribution is -2.29. The summed E-state index contributed by atoms with van der Waals surface area (Å²) in [7, 11) is 0. The first-order valence-corrected chi connectivity index (χ1v) is 13.8. The lowest BCUT2D eigenvalue weighted by Gasteiger charge is -2.27. The quantitative estimate of drug-likeness (QED) is 0.214. The highest BCUT2D eigenvalue weighted by Crippen LogP contribution is 2.43. The summed E-state index contributed by atoms with van der Waals surface area (Å²) in [5.74, 6) is -0.388. The van der Waals surface area contributed by atoms with E-state index in [0.717, 1.165) is 47.6 Å². The van der Waals surface area contributed by atoms with Crippen molar-refractivity contribution in [2.75, 3.05) is 22.9 Å². The number of anilines is 2. The highest BCUT2D eigenvalue weighted by Gasteiger charge is 2.47. The second-order valence-electron chi connectivity index (χ2n) is 10.6. The molecule has 0 aromatic heterocycles. The van der Waals surface area contributed by atoms with Crippen LogP contribution in [0.1, 0.15) is 68.8 Å². The number of rotatable bonds is 7. The van der Waals surface area contributed by atoms with E-state index < -0.39 is 17.7 Å². The summed E-state index contributed by atoms with van der Waals surface area (Å²) >= 11 is 0. The van der Waals surface area contributed by atoms with Crippen molar-refractivity contribution in [3.05, 3.63) is 94.6 Å². The predicted octanol–water partition coefficient (Wildman–Crippen LogP) is 6.61. The van der Waals surface area contributed by atoms with Gasteiger partial charge in [0.05, 0.1) is 11.6 Å². The largest absolute Gasteiger partial charge is 0.507 e. The molecule has 0 aliphatic carbocycles.